The smallest absolute Gasteiger partial charge is 0.302 e. The second-order valence-electron chi connectivity index (χ2n) is 9.28. The number of esters is 1. The highest BCUT2D eigenvalue weighted by Gasteiger charge is 2.60. The van der Waals surface area contributed by atoms with E-state index in [0.717, 1.165) is 38.5 Å². The van der Waals surface area contributed by atoms with Crippen molar-refractivity contribution in [1.29, 1.82) is 0 Å². The van der Waals surface area contributed by atoms with Crippen LogP contribution in [0.2, 0.25) is 0 Å². The summed E-state index contributed by atoms with van der Waals surface area (Å²) in [5.74, 6) is 1.13. The molecular weight excluding hydrogens is 316 g/mol. The summed E-state index contributed by atoms with van der Waals surface area (Å²) < 4.78 is 5.45. The Kier molecular flexibility index (Phi) is 3.91. The van der Waals surface area contributed by atoms with E-state index in [4.69, 9.17) is 4.74 Å². The first-order valence-electron chi connectivity index (χ1n) is 9.85. The molecular formula is C21H30O4. The molecule has 0 aromatic rings. The fourth-order valence-corrected chi connectivity index (χ4v) is 6.72. The summed E-state index contributed by atoms with van der Waals surface area (Å²) in [5, 5.41) is 11.0. The molecule has 4 aliphatic rings. The van der Waals surface area contributed by atoms with Crippen molar-refractivity contribution < 1.29 is 19.4 Å². The maximum Gasteiger partial charge on any atom is 0.302 e. The van der Waals surface area contributed by atoms with Crippen LogP contribution >= 0.6 is 0 Å². The van der Waals surface area contributed by atoms with Crippen LogP contribution in [0.15, 0.2) is 11.6 Å². The predicted octanol–water partition coefficient (Wildman–Crippen LogP) is 3.42. The molecule has 3 saturated carbocycles. The third kappa shape index (κ3) is 2.43. The number of ether oxygens (including phenoxy) is 1. The summed E-state index contributed by atoms with van der Waals surface area (Å²) in [5.41, 5.74) is 1.12. The van der Waals surface area contributed by atoms with E-state index in [9.17, 15) is 14.7 Å². The minimum Gasteiger partial charge on any atom is -0.462 e. The molecule has 4 heteroatoms. The largest absolute Gasteiger partial charge is 0.462 e. The Morgan fingerprint density at radius 1 is 1.16 bits per heavy atom. The molecule has 4 nitrogen and oxygen atoms in total. The SMILES string of the molecule is CC(=O)O[C@H]1CC[C@@]2(C)C(=CC(O)[C@@H]3[C@@H]2CC[C@]2(C)C(=O)CC[C@@H]32)C1. The normalized spacial score (nSPS) is 48.9. The van der Waals surface area contributed by atoms with E-state index in [2.05, 4.69) is 13.8 Å². The van der Waals surface area contributed by atoms with Crippen LogP contribution in [0.4, 0.5) is 0 Å². The van der Waals surface area contributed by atoms with E-state index in [1.165, 1.54) is 12.5 Å². The molecule has 25 heavy (non-hydrogen) atoms. The molecule has 4 rings (SSSR count). The second kappa shape index (κ2) is 5.67. The number of fused-ring (bicyclic) bond motifs is 5. The zero-order chi connectivity index (χ0) is 18.0. The van der Waals surface area contributed by atoms with Gasteiger partial charge in [-0.1, -0.05) is 25.5 Å². The number of Topliss-reactive ketones (excluding diaryl/α,β-unsaturated/α-hetero) is 1. The van der Waals surface area contributed by atoms with Gasteiger partial charge >= 0.3 is 5.97 Å². The highest BCUT2D eigenvalue weighted by Crippen LogP contribution is 2.64. The zero-order valence-electron chi connectivity index (χ0n) is 15.6. The van der Waals surface area contributed by atoms with Gasteiger partial charge in [0.05, 0.1) is 6.10 Å². The van der Waals surface area contributed by atoms with Gasteiger partial charge in [-0.2, -0.15) is 0 Å². The molecule has 0 radical (unpaired) electrons. The minimum atomic E-state index is -0.473. The fraction of sp³-hybridized carbons (Fsp3) is 0.810. The molecule has 1 unspecified atom stereocenters. The average molecular weight is 346 g/mol. The van der Waals surface area contributed by atoms with Crippen LogP contribution in [0.3, 0.4) is 0 Å². The molecule has 0 bridgehead atoms. The first-order chi connectivity index (χ1) is 11.8. The highest BCUT2D eigenvalue weighted by molar-refractivity contribution is 5.87. The Hall–Kier alpha value is -1.16. The number of rotatable bonds is 1. The monoisotopic (exact) mass is 346 g/mol. The lowest BCUT2D eigenvalue weighted by Crippen LogP contribution is -2.54. The lowest BCUT2D eigenvalue weighted by atomic mass is 9.47. The van der Waals surface area contributed by atoms with E-state index in [0.29, 0.717) is 24.0 Å². The van der Waals surface area contributed by atoms with Crippen LogP contribution in [0.25, 0.3) is 0 Å². The van der Waals surface area contributed by atoms with Gasteiger partial charge in [-0.05, 0) is 55.3 Å². The third-order valence-electron chi connectivity index (χ3n) is 8.13. The first-order valence-corrected chi connectivity index (χ1v) is 9.85. The Balaban J connectivity index is 1.65. The van der Waals surface area contributed by atoms with Gasteiger partial charge in [0.25, 0.3) is 0 Å². The van der Waals surface area contributed by atoms with Crippen molar-refractivity contribution in [2.45, 2.75) is 77.9 Å². The lowest BCUT2D eigenvalue weighted by Gasteiger charge is -2.58. The molecule has 7 atom stereocenters. The van der Waals surface area contributed by atoms with E-state index in [-0.39, 0.29) is 28.8 Å². The third-order valence-corrected chi connectivity index (χ3v) is 8.13. The van der Waals surface area contributed by atoms with Gasteiger partial charge < -0.3 is 9.84 Å². The molecule has 3 fully saturated rings. The topological polar surface area (TPSA) is 63.6 Å². The highest BCUT2D eigenvalue weighted by atomic mass is 16.5. The molecule has 0 spiro atoms. The van der Waals surface area contributed by atoms with Crippen LogP contribution in [0, 0.1) is 28.6 Å². The molecule has 0 saturated heterocycles. The Bertz CT molecular complexity index is 638. The molecule has 0 aromatic carbocycles. The number of ketones is 1. The first kappa shape index (κ1) is 17.3. The van der Waals surface area contributed by atoms with Crippen molar-refractivity contribution in [2.75, 3.05) is 0 Å². The van der Waals surface area contributed by atoms with E-state index in [1.807, 2.05) is 6.08 Å². The summed E-state index contributed by atoms with van der Waals surface area (Å²) in [6.45, 7) is 5.94. The molecule has 138 valence electrons. The number of aliphatic hydroxyl groups excluding tert-OH is 1. The van der Waals surface area contributed by atoms with Gasteiger partial charge in [0, 0.05) is 25.2 Å². The Labute approximate surface area is 150 Å². The summed E-state index contributed by atoms with van der Waals surface area (Å²) in [6, 6.07) is 0. The van der Waals surface area contributed by atoms with Crippen LogP contribution < -0.4 is 0 Å². The quantitative estimate of drug-likeness (QED) is 0.584. The van der Waals surface area contributed by atoms with E-state index in [1.54, 1.807) is 0 Å². The van der Waals surface area contributed by atoms with Crippen LogP contribution in [-0.4, -0.2) is 29.1 Å². The summed E-state index contributed by atoms with van der Waals surface area (Å²) in [7, 11) is 0. The number of carbonyl (C=O) groups excluding carboxylic acids is 2. The van der Waals surface area contributed by atoms with Crippen molar-refractivity contribution in [3.05, 3.63) is 11.6 Å². The van der Waals surface area contributed by atoms with E-state index >= 15 is 0 Å². The second-order valence-corrected chi connectivity index (χ2v) is 9.28. The molecule has 0 aromatic heterocycles. The van der Waals surface area contributed by atoms with Crippen LogP contribution in [0.1, 0.15) is 65.7 Å². The summed E-state index contributed by atoms with van der Waals surface area (Å²) in [6.07, 6.45) is 7.76. The number of hydrogen-bond acceptors (Lipinski definition) is 4. The van der Waals surface area contributed by atoms with Crippen molar-refractivity contribution in [1.82, 2.24) is 0 Å². The molecule has 1 N–H and O–H groups in total. The Morgan fingerprint density at radius 2 is 1.84 bits per heavy atom. The Morgan fingerprint density at radius 3 is 2.56 bits per heavy atom. The van der Waals surface area contributed by atoms with Gasteiger partial charge in [0.1, 0.15) is 11.9 Å². The van der Waals surface area contributed by atoms with Gasteiger partial charge in [0.15, 0.2) is 0 Å². The summed E-state index contributed by atoms with van der Waals surface area (Å²) in [4.78, 5) is 23.8. The molecule has 4 aliphatic carbocycles. The van der Waals surface area contributed by atoms with Crippen molar-refractivity contribution >= 4 is 11.8 Å². The summed E-state index contributed by atoms with van der Waals surface area (Å²) >= 11 is 0. The minimum absolute atomic E-state index is 0.0533. The van der Waals surface area contributed by atoms with Gasteiger partial charge in [-0.3, -0.25) is 9.59 Å². The van der Waals surface area contributed by atoms with E-state index < -0.39 is 6.10 Å². The maximum absolute atomic E-state index is 12.5. The van der Waals surface area contributed by atoms with Crippen molar-refractivity contribution in [3.8, 4) is 0 Å². The standard InChI is InChI=1S/C21H30O4/c1-12(22)25-14-6-8-20(2)13(10-14)11-17(23)19-15-4-5-18(24)21(15,3)9-7-16(19)20/h11,14-17,19,23H,4-10H2,1-3H3/t14-,15-,16-,17?,19-,20-,21-/m0/s1. The van der Waals surface area contributed by atoms with Gasteiger partial charge in [0.2, 0.25) is 0 Å². The number of carbonyl (C=O) groups is 2. The molecule has 0 aliphatic heterocycles. The maximum atomic E-state index is 12.5. The van der Waals surface area contributed by atoms with Crippen molar-refractivity contribution in [3.63, 3.8) is 0 Å². The fourth-order valence-electron chi connectivity index (χ4n) is 6.72. The number of hydrogen-bond donors (Lipinski definition) is 1. The van der Waals surface area contributed by atoms with Crippen molar-refractivity contribution in [2.24, 2.45) is 28.6 Å². The van der Waals surface area contributed by atoms with Crippen LogP contribution in [0.5, 0.6) is 0 Å². The predicted molar refractivity (Wildman–Crippen MR) is 93.7 cm³/mol. The van der Waals surface area contributed by atoms with Gasteiger partial charge in [-0.25, -0.2) is 0 Å². The molecule has 0 heterocycles. The zero-order valence-corrected chi connectivity index (χ0v) is 15.6. The average Bonchev–Trinajstić information content (AvgIpc) is 2.84. The van der Waals surface area contributed by atoms with Gasteiger partial charge in [-0.15, -0.1) is 0 Å². The number of aliphatic hydroxyl groups is 1. The van der Waals surface area contributed by atoms with Crippen LogP contribution in [-0.2, 0) is 14.3 Å². The lowest BCUT2D eigenvalue weighted by molar-refractivity contribution is -0.149. The molecule has 0 amide bonds.